The molecule has 6 heteroatoms. The van der Waals surface area contributed by atoms with E-state index in [1.54, 1.807) is 24.3 Å². The van der Waals surface area contributed by atoms with E-state index in [1.165, 1.54) is 23.1 Å². The summed E-state index contributed by atoms with van der Waals surface area (Å²) in [4.78, 5) is 27.6. The number of benzene rings is 3. The molecule has 4 rings (SSSR count). The molecule has 1 atom stereocenters. The molecule has 158 valence electrons. The summed E-state index contributed by atoms with van der Waals surface area (Å²) < 4.78 is 19.8. The summed E-state index contributed by atoms with van der Waals surface area (Å²) in [5.41, 5.74) is 2.24. The van der Waals surface area contributed by atoms with E-state index < -0.39 is 11.9 Å². The molecule has 0 saturated carbocycles. The van der Waals surface area contributed by atoms with Crippen LogP contribution in [0.25, 0.3) is 0 Å². The fourth-order valence-electron chi connectivity index (χ4n) is 3.78. The molecule has 0 aromatic heterocycles. The first-order chi connectivity index (χ1) is 14.9. The van der Waals surface area contributed by atoms with Gasteiger partial charge in [-0.15, -0.1) is 0 Å². The van der Waals surface area contributed by atoms with Crippen molar-refractivity contribution in [1.29, 1.82) is 0 Å². The van der Waals surface area contributed by atoms with E-state index in [2.05, 4.69) is 5.32 Å². The van der Waals surface area contributed by atoms with Crippen LogP contribution in [0.2, 0.25) is 0 Å². The van der Waals surface area contributed by atoms with Gasteiger partial charge in [-0.3, -0.25) is 9.59 Å². The lowest BCUT2D eigenvalue weighted by Crippen LogP contribution is -2.39. The Bertz CT molecular complexity index is 1100. The molecule has 3 aromatic rings. The van der Waals surface area contributed by atoms with Gasteiger partial charge in [-0.05, 0) is 61.9 Å². The normalized spacial score (nSPS) is 15.8. The first-order valence-corrected chi connectivity index (χ1v) is 10.1. The van der Waals surface area contributed by atoms with Crippen LogP contribution in [-0.2, 0) is 4.79 Å². The highest BCUT2D eigenvalue weighted by Gasteiger charge is 2.34. The van der Waals surface area contributed by atoms with Gasteiger partial charge in [-0.1, -0.05) is 30.3 Å². The molecule has 0 aliphatic carbocycles. The molecule has 1 aliphatic heterocycles. The van der Waals surface area contributed by atoms with Gasteiger partial charge in [0.15, 0.2) is 0 Å². The van der Waals surface area contributed by atoms with E-state index in [0.717, 1.165) is 5.56 Å². The molecule has 1 aliphatic rings. The van der Waals surface area contributed by atoms with Gasteiger partial charge in [-0.2, -0.15) is 0 Å². The lowest BCUT2D eigenvalue weighted by molar-refractivity contribution is -0.117. The minimum Gasteiger partial charge on any atom is -0.491 e. The van der Waals surface area contributed by atoms with Crippen molar-refractivity contribution in [2.75, 3.05) is 11.9 Å². The first kappa shape index (κ1) is 20.6. The van der Waals surface area contributed by atoms with Gasteiger partial charge >= 0.3 is 0 Å². The van der Waals surface area contributed by atoms with Gasteiger partial charge < -0.3 is 15.0 Å². The standard InChI is InChI=1S/C25H23FN2O3/c1-16(2)31-20-11-8-18(9-12-20)25(30)28-15-23(29)27-22-13-10-19(26)14-21(22)24(28)17-6-4-3-5-7-17/h3-14,16,24H,15H2,1-2H3,(H,27,29)/t24-/m0/s1. The van der Waals surface area contributed by atoms with Gasteiger partial charge in [-0.25, -0.2) is 4.39 Å². The highest BCUT2D eigenvalue weighted by Crippen LogP contribution is 2.37. The summed E-state index contributed by atoms with van der Waals surface area (Å²) in [5.74, 6) is -0.429. The minimum absolute atomic E-state index is 0.0183. The van der Waals surface area contributed by atoms with E-state index >= 15 is 0 Å². The number of amides is 2. The molecule has 3 aromatic carbocycles. The molecular weight excluding hydrogens is 395 g/mol. The number of halogens is 1. The monoisotopic (exact) mass is 418 g/mol. The van der Waals surface area contributed by atoms with E-state index in [4.69, 9.17) is 4.74 Å². The fourth-order valence-corrected chi connectivity index (χ4v) is 3.78. The smallest absolute Gasteiger partial charge is 0.255 e. The van der Waals surface area contributed by atoms with Crippen LogP contribution in [0.3, 0.4) is 0 Å². The number of hydrogen-bond acceptors (Lipinski definition) is 3. The molecule has 2 amide bonds. The maximum absolute atomic E-state index is 14.2. The molecule has 0 fully saturated rings. The Balaban J connectivity index is 1.78. The van der Waals surface area contributed by atoms with Crippen molar-refractivity contribution in [3.63, 3.8) is 0 Å². The first-order valence-electron chi connectivity index (χ1n) is 10.1. The summed E-state index contributed by atoms with van der Waals surface area (Å²) in [7, 11) is 0. The number of rotatable bonds is 4. The molecule has 0 bridgehead atoms. The zero-order chi connectivity index (χ0) is 22.0. The average Bonchev–Trinajstić information content (AvgIpc) is 2.89. The number of ether oxygens (including phenoxy) is 1. The minimum atomic E-state index is -0.620. The third kappa shape index (κ3) is 4.43. The molecule has 0 spiro atoms. The summed E-state index contributed by atoms with van der Waals surface area (Å²) in [6, 6.07) is 19.7. The van der Waals surface area contributed by atoms with Crippen LogP contribution in [0.1, 0.15) is 41.4 Å². The lowest BCUT2D eigenvalue weighted by Gasteiger charge is -2.30. The highest BCUT2D eigenvalue weighted by molar-refractivity contribution is 6.01. The largest absolute Gasteiger partial charge is 0.491 e. The van der Waals surface area contributed by atoms with Crippen molar-refractivity contribution >= 4 is 17.5 Å². The van der Waals surface area contributed by atoms with Crippen molar-refractivity contribution in [2.45, 2.75) is 26.0 Å². The zero-order valence-corrected chi connectivity index (χ0v) is 17.3. The molecule has 0 radical (unpaired) electrons. The second kappa shape index (κ2) is 8.60. The molecule has 0 unspecified atom stereocenters. The van der Waals surface area contributed by atoms with Crippen LogP contribution < -0.4 is 10.1 Å². The van der Waals surface area contributed by atoms with Gasteiger partial charge in [0.05, 0.1) is 12.1 Å². The number of carbonyl (C=O) groups excluding carboxylic acids is 2. The third-order valence-corrected chi connectivity index (χ3v) is 5.06. The second-order valence-electron chi connectivity index (χ2n) is 7.72. The SMILES string of the molecule is CC(C)Oc1ccc(C(=O)N2CC(=O)Nc3ccc(F)cc3[C@@H]2c2ccccc2)cc1. The Labute approximate surface area is 180 Å². The predicted octanol–water partition coefficient (Wildman–Crippen LogP) is 4.80. The van der Waals surface area contributed by atoms with Crippen LogP contribution in [0.4, 0.5) is 10.1 Å². The summed E-state index contributed by atoms with van der Waals surface area (Å²) in [6.45, 7) is 3.70. The Morgan fingerprint density at radius 3 is 2.45 bits per heavy atom. The van der Waals surface area contributed by atoms with Crippen molar-refractivity contribution in [2.24, 2.45) is 0 Å². The summed E-state index contributed by atoms with van der Waals surface area (Å²) in [5, 5.41) is 2.80. The van der Waals surface area contributed by atoms with Crippen molar-refractivity contribution < 1.29 is 18.7 Å². The van der Waals surface area contributed by atoms with Gasteiger partial charge in [0.25, 0.3) is 5.91 Å². The molecule has 1 N–H and O–H groups in total. The molecule has 31 heavy (non-hydrogen) atoms. The van der Waals surface area contributed by atoms with Gasteiger partial charge in [0, 0.05) is 16.8 Å². The second-order valence-corrected chi connectivity index (χ2v) is 7.72. The lowest BCUT2D eigenvalue weighted by atomic mass is 9.95. The number of fused-ring (bicyclic) bond motifs is 1. The van der Waals surface area contributed by atoms with E-state index in [9.17, 15) is 14.0 Å². The number of anilines is 1. The Morgan fingerprint density at radius 2 is 1.77 bits per heavy atom. The molecule has 0 saturated heterocycles. The Morgan fingerprint density at radius 1 is 1.06 bits per heavy atom. The summed E-state index contributed by atoms with van der Waals surface area (Å²) >= 11 is 0. The Hall–Kier alpha value is -3.67. The van der Waals surface area contributed by atoms with Crippen LogP contribution in [0, 0.1) is 5.82 Å². The van der Waals surface area contributed by atoms with Gasteiger partial charge in [0.1, 0.15) is 18.1 Å². The topological polar surface area (TPSA) is 58.6 Å². The predicted molar refractivity (Wildman–Crippen MR) is 117 cm³/mol. The molecule has 5 nitrogen and oxygen atoms in total. The summed E-state index contributed by atoms with van der Waals surface area (Å²) in [6.07, 6.45) is 0.0183. The molecular formula is C25H23FN2O3. The average molecular weight is 418 g/mol. The van der Waals surface area contributed by atoms with Crippen LogP contribution >= 0.6 is 0 Å². The number of nitrogens with one attached hydrogen (secondary N) is 1. The highest BCUT2D eigenvalue weighted by atomic mass is 19.1. The van der Waals surface area contributed by atoms with Crippen LogP contribution in [-0.4, -0.2) is 29.4 Å². The van der Waals surface area contributed by atoms with E-state index in [0.29, 0.717) is 22.6 Å². The van der Waals surface area contributed by atoms with E-state index in [1.807, 2.05) is 44.2 Å². The number of nitrogens with zero attached hydrogens (tertiary/aromatic N) is 1. The van der Waals surface area contributed by atoms with Crippen molar-refractivity contribution in [3.05, 3.63) is 95.3 Å². The number of carbonyl (C=O) groups is 2. The Kier molecular flexibility index (Phi) is 5.71. The van der Waals surface area contributed by atoms with Crippen LogP contribution in [0.5, 0.6) is 5.75 Å². The van der Waals surface area contributed by atoms with E-state index in [-0.39, 0.29) is 24.5 Å². The molecule has 1 heterocycles. The van der Waals surface area contributed by atoms with Gasteiger partial charge in [0.2, 0.25) is 5.91 Å². The maximum Gasteiger partial charge on any atom is 0.255 e. The van der Waals surface area contributed by atoms with Crippen molar-refractivity contribution in [3.8, 4) is 5.75 Å². The van der Waals surface area contributed by atoms with Crippen molar-refractivity contribution in [1.82, 2.24) is 4.90 Å². The quantitative estimate of drug-likeness (QED) is 0.662. The number of hydrogen-bond donors (Lipinski definition) is 1. The van der Waals surface area contributed by atoms with Crippen LogP contribution in [0.15, 0.2) is 72.8 Å². The zero-order valence-electron chi connectivity index (χ0n) is 17.3. The third-order valence-electron chi connectivity index (χ3n) is 5.06. The fraction of sp³-hybridized carbons (Fsp3) is 0.200. The maximum atomic E-state index is 14.2.